The van der Waals surface area contributed by atoms with Gasteiger partial charge in [0.05, 0.1) is 6.61 Å². The molecule has 0 aromatic carbocycles. The average molecular weight is 236 g/mol. The van der Waals surface area contributed by atoms with Gasteiger partial charge in [-0.15, -0.1) is 0 Å². The molecule has 0 bridgehead atoms. The Bertz CT molecular complexity index is 313. The molecule has 0 saturated heterocycles. The van der Waals surface area contributed by atoms with Gasteiger partial charge in [0.25, 0.3) is 0 Å². The molecule has 3 heteroatoms. The predicted molar refractivity (Wildman–Crippen MR) is 71.2 cm³/mol. The van der Waals surface area contributed by atoms with Crippen LogP contribution < -0.4 is 10.1 Å². The van der Waals surface area contributed by atoms with E-state index in [1.165, 1.54) is 6.42 Å². The number of nitrogens with zero attached hydrogens (tertiary/aromatic N) is 1. The van der Waals surface area contributed by atoms with Crippen LogP contribution in [-0.4, -0.2) is 18.1 Å². The minimum absolute atomic E-state index is 0.747. The van der Waals surface area contributed by atoms with Crippen molar-refractivity contribution in [3.63, 3.8) is 0 Å². The van der Waals surface area contributed by atoms with E-state index in [4.69, 9.17) is 4.74 Å². The summed E-state index contributed by atoms with van der Waals surface area (Å²) in [6.45, 7) is 9.15. The third-order valence-electron chi connectivity index (χ3n) is 2.61. The molecule has 1 aromatic heterocycles. The van der Waals surface area contributed by atoms with Gasteiger partial charge < -0.3 is 10.1 Å². The molecule has 1 heterocycles. The van der Waals surface area contributed by atoms with Gasteiger partial charge in [0.2, 0.25) is 0 Å². The van der Waals surface area contributed by atoms with Gasteiger partial charge in [-0.05, 0) is 31.4 Å². The summed E-state index contributed by atoms with van der Waals surface area (Å²) in [5, 5.41) is 3.29. The second kappa shape index (κ2) is 8.07. The predicted octanol–water partition coefficient (Wildman–Crippen LogP) is 3.01. The zero-order valence-electron chi connectivity index (χ0n) is 11.2. The molecule has 0 radical (unpaired) electrons. The topological polar surface area (TPSA) is 34.2 Å². The van der Waals surface area contributed by atoms with E-state index in [0.717, 1.165) is 43.3 Å². The summed E-state index contributed by atoms with van der Waals surface area (Å²) in [6.07, 6.45) is 5.99. The van der Waals surface area contributed by atoms with Gasteiger partial charge in [-0.2, -0.15) is 0 Å². The van der Waals surface area contributed by atoms with Crippen molar-refractivity contribution in [3.8, 4) is 5.75 Å². The minimum Gasteiger partial charge on any atom is -0.493 e. The Hall–Kier alpha value is -1.09. The molecule has 1 aromatic rings. The fourth-order valence-corrected chi connectivity index (χ4v) is 1.62. The standard InChI is InChI=1S/C14H24N2O/c1-4-15-10-13-11-16-8-7-14(13)17-9-5-6-12(2)3/h7-8,11-12,15H,4-6,9-10H2,1-3H3. The van der Waals surface area contributed by atoms with Crippen LogP contribution in [0.1, 0.15) is 39.2 Å². The highest BCUT2D eigenvalue weighted by Crippen LogP contribution is 2.17. The molecule has 0 spiro atoms. The number of hydrogen-bond acceptors (Lipinski definition) is 3. The van der Waals surface area contributed by atoms with Crippen molar-refractivity contribution in [2.75, 3.05) is 13.2 Å². The molecular formula is C14H24N2O. The van der Waals surface area contributed by atoms with Crippen LogP contribution in [0.25, 0.3) is 0 Å². The summed E-state index contributed by atoms with van der Waals surface area (Å²) < 4.78 is 5.80. The summed E-state index contributed by atoms with van der Waals surface area (Å²) in [5.74, 6) is 1.71. The third kappa shape index (κ3) is 5.68. The quantitative estimate of drug-likeness (QED) is 0.705. The first-order chi connectivity index (χ1) is 8.24. The first-order valence-electron chi connectivity index (χ1n) is 6.50. The Morgan fingerprint density at radius 1 is 1.41 bits per heavy atom. The maximum atomic E-state index is 5.80. The van der Waals surface area contributed by atoms with E-state index in [1.807, 2.05) is 12.3 Å². The summed E-state index contributed by atoms with van der Waals surface area (Å²) in [6, 6.07) is 1.95. The van der Waals surface area contributed by atoms with Crippen molar-refractivity contribution >= 4 is 0 Å². The molecule has 0 fully saturated rings. The van der Waals surface area contributed by atoms with Crippen LogP contribution in [0.2, 0.25) is 0 Å². The first-order valence-corrected chi connectivity index (χ1v) is 6.50. The Balaban J connectivity index is 2.40. The third-order valence-corrected chi connectivity index (χ3v) is 2.61. The smallest absolute Gasteiger partial charge is 0.126 e. The largest absolute Gasteiger partial charge is 0.493 e. The Morgan fingerprint density at radius 2 is 2.24 bits per heavy atom. The van der Waals surface area contributed by atoms with Crippen molar-refractivity contribution < 1.29 is 4.74 Å². The van der Waals surface area contributed by atoms with Crippen LogP contribution in [0.4, 0.5) is 0 Å². The van der Waals surface area contributed by atoms with Crippen LogP contribution >= 0.6 is 0 Å². The van der Waals surface area contributed by atoms with Crippen molar-refractivity contribution in [1.29, 1.82) is 0 Å². The van der Waals surface area contributed by atoms with Crippen molar-refractivity contribution in [1.82, 2.24) is 10.3 Å². The van der Waals surface area contributed by atoms with Crippen LogP contribution in [-0.2, 0) is 6.54 Å². The molecule has 0 amide bonds. The monoisotopic (exact) mass is 236 g/mol. The molecule has 0 saturated carbocycles. The first kappa shape index (κ1) is 14.0. The van der Waals surface area contributed by atoms with Crippen LogP contribution in [0.3, 0.4) is 0 Å². The highest BCUT2D eigenvalue weighted by molar-refractivity contribution is 5.29. The number of hydrogen-bond donors (Lipinski definition) is 1. The molecule has 1 rings (SSSR count). The lowest BCUT2D eigenvalue weighted by atomic mass is 10.1. The van der Waals surface area contributed by atoms with Crippen molar-refractivity contribution in [2.45, 2.75) is 40.2 Å². The van der Waals surface area contributed by atoms with Gasteiger partial charge in [-0.1, -0.05) is 20.8 Å². The van der Waals surface area contributed by atoms with Crippen LogP contribution in [0.5, 0.6) is 5.75 Å². The van der Waals surface area contributed by atoms with E-state index in [-0.39, 0.29) is 0 Å². The molecule has 3 nitrogen and oxygen atoms in total. The lowest BCUT2D eigenvalue weighted by Gasteiger charge is -2.11. The lowest BCUT2D eigenvalue weighted by molar-refractivity contribution is 0.294. The molecule has 0 unspecified atom stereocenters. The summed E-state index contributed by atoms with van der Waals surface area (Å²) in [4.78, 5) is 4.13. The fraction of sp³-hybridized carbons (Fsp3) is 0.643. The molecular weight excluding hydrogens is 212 g/mol. The van der Waals surface area contributed by atoms with E-state index in [9.17, 15) is 0 Å². The molecule has 0 aliphatic carbocycles. The number of aromatic nitrogens is 1. The summed E-state index contributed by atoms with van der Waals surface area (Å²) in [7, 11) is 0. The molecule has 96 valence electrons. The number of nitrogens with one attached hydrogen (secondary N) is 1. The van der Waals surface area contributed by atoms with Gasteiger partial charge in [0.15, 0.2) is 0 Å². The number of pyridine rings is 1. The maximum Gasteiger partial charge on any atom is 0.126 e. The van der Waals surface area contributed by atoms with Gasteiger partial charge >= 0.3 is 0 Å². The molecule has 1 N–H and O–H groups in total. The molecule has 0 aliphatic rings. The van der Waals surface area contributed by atoms with Crippen molar-refractivity contribution in [2.24, 2.45) is 5.92 Å². The van der Waals surface area contributed by atoms with Gasteiger partial charge in [-0.25, -0.2) is 0 Å². The molecule has 17 heavy (non-hydrogen) atoms. The van der Waals surface area contributed by atoms with Gasteiger partial charge in [0, 0.05) is 24.5 Å². The normalized spacial score (nSPS) is 10.8. The highest BCUT2D eigenvalue weighted by Gasteiger charge is 2.03. The van der Waals surface area contributed by atoms with E-state index < -0.39 is 0 Å². The zero-order valence-corrected chi connectivity index (χ0v) is 11.2. The zero-order chi connectivity index (χ0) is 12.5. The van der Waals surface area contributed by atoms with Crippen LogP contribution in [0, 0.1) is 5.92 Å². The van der Waals surface area contributed by atoms with Crippen LogP contribution in [0.15, 0.2) is 18.5 Å². The lowest BCUT2D eigenvalue weighted by Crippen LogP contribution is -2.13. The molecule has 0 aliphatic heterocycles. The summed E-state index contributed by atoms with van der Waals surface area (Å²) >= 11 is 0. The maximum absolute atomic E-state index is 5.80. The van der Waals surface area contributed by atoms with E-state index in [2.05, 4.69) is 31.1 Å². The Morgan fingerprint density at radius 3 is 2.94 bits per heavy atom. The Labute approximate surface area is 105 Å². The molecule has 0 atom stereocenters. The average Bonchev–Trinajstić information content (AvgIpc) is 2.33. The van der Waals surface area contributed by atoms with Gasteiger partial charge in [0.1, 0.15) is 5.75 Å². The second-order valence-corrected chi connectivity index (χ2v) is 4.65. The fourth-order valence-electron chi connectivity index (χ4n) is 1.62. The van der Waals surface area contributed by atoms with E-state index >= 15 is 0 Å². The van der Waals surface area contributed by atoms with Crippen molar-refractivity contribution in [3.05, 3.63) is 24.0 Å². The summed E-state index contributed by atoms with van der Waals surface area (Å²) in [5.41, 5.74) is 1.14. The van der Waals surface area contributed by atoms with Gasteiger partial charge in [-0.3, -0.25) is 4.98 Å². The minimum atomic E-state index is 0.747. The Kier molecular flexibility index (Phi) is 6.63. The van der Waals surface area contributed by atoms with E-state index in [1.54, 1.807) is 6.20 Å². The number of rotatable bonds is 8. The van der Waals surface area contributed by atoms with E-state index in [0.29, 0.717) is 0 Å². The second-order valence-electron chi connectivity index (χ2n) is 4.65. The highest BCUT2D eigenvalue weighted by atomic mass is 16.5. The SMILES string of the molecule is CCNCc1cnccc1OCCCC(C)C. The number of ether oxygens (including phenoxy) is 1.